The standard InChI is InChI=1S/C18H20BrN3O3S/c1-3-11(2)15(20-16(23)12-7-5-4-6-8-12)18(25)22-21-17(24)13-9-10-14(19)26-13/h4-11,15H,3H2,1-2H3,(H,20,23)(H,21,24)(H,22,25)/t11-,15-/m0/s1. The first-order chi connectivity index (χ1) is 12.4. The summed E-state index contributed by atoms with van der Waals surface area (Å²) < 4.78 is 0.821. The quantitative estimate of drug-likeness (QED) is 0.606. The van der Waals surface area contributed by atoms with Gasteiger partial charge in [0.2, 0.25) is 0 Å². The van der Waals surface area contributed by atoms with Gasteiger partial charge in [0.25, 0.3) is 17.7 Å². The van der Waals surface area contributed by atoms with Crippen molar-refractivity contribution in [3.8, 4) is 0 Å². The van der Waals surface area contributed by atoms with E-state index in [0.29, 0.717) is 16.9 Å². The fourth-order valence-corrected chi connectivity index (χ4v) is 3.49. The van der Waals surface area contributed by atoms with Gasteiger partial charge in [-0.05, 0) is 46.1 Å². The van der Waals surface area contributed by atoms with Crippen LogP contribution >= 0.6 is 27.3 Å². The van der Waals surface area contributed by atoms with E-state index in [4.69, 9.17) is 0 Å². The molecule has 2 atom stereocenters. The molecule has 0 unspecified atom stereocenters. The van der Waals surface area contributed by atoms with E-state index in [1.165, 1.54) is 11.3 Å². The lowest BCUT2D eigenvalue weighted by Gasteiger charge is -2.23. The zero-order valence-corrected chi connectivity index (χ0v) is 16.8. The summed E-state index contributed by atoms with van der Waals surface area (Å²) in [6, 6.07) is 11.3. The molecule has 2 rings (SSSR count). The molecule has 138 valence electrons. The molecule has 0 aliphatic rings. The molecule has 0 saturated carbocycles. The molecule has 2 aromatic rings. The molecule has 0 fully saturated rings. The van der Waals surface area contributed by atoms with E-state index in [2.05, 4.69) is 32.1 Å². The van der Waals surface area contributed by atoms with Crippen molar-refractivity contribution < 1.29 is 14.4 Å². The Balaban J connectivity index is 2.00. The number of halogens is 1. The van der Waals surface area contributed by atoms with Gasteiger partial charge in [-0.15, -0.1) is 11.3 Å². The number of benzene rings is 1. The zero-order valence-electron chi connectivity index (χ0n) is 14.4. The Labute approximate surface area is 164 Å². The maximum absolute atomic E-state index is 12.5. The van der Waals surface area contributed by atoms with E-state index in [1.54, 1.807) is 36.4 Å². The predicted octanol–water partition coefficient (Wildman–Crippen LogP) is 3.12. The van der Waals surface area contributed by atoms with Crippen molar-refractivity contribution in [1.82, 2.24) is 16.2 Å². The summed E-state index contributed by atoms with van der Waals surface area (Å²) in [5.74, 6) is -1.31. The van der Waals surface area contributed by atoms with E-state index in [-0.39, 0.29) is 11.8 Å². The molecule has 3 amide bonds. The molecule has 1 aromatic carbocycles. The lowest BCUT2D eigenvalue weighted by Crippen LogP contribution is -2.54. The number of thiophene rings is 1. The molecule has 8 heteroatoms. The van der Waals surface area contributed by atoms with E-state index >= 15 is 0 Å². The van der Waals surface area contributed by atoms with Crippen LogP contribution < -0.4 is 16.2 Å². The van der Waals surface area contributed by atoms with E-state index in [0.717, 1.165) is 3.79 Å². The van der Waals surface area contributed by atoms with Crippen LogP contribution in [0, 0.1) is 5.92 Å². The molecular weight excluding hydrogens is 418 g/mol. The van der Waals surface area contributed by atoms with Gasteiger partial charge >= 0.3 is 0 Å². The first-order valence-corrected chi connectivity index (χ1v) is 9.74. The second-order valence-electron chi connectivity index (χ2n) is 5.75. The minimum atomic E-state index is -0.761. The van der Waals surface area contributed by atoms with Crippen LogP contribution in [-0.4, -0.2) is 23.8 Å². The molecule has 6 nitrogen and oxygen atoms in total. The topological polar surface area (TPSA) is 87.3 Å². The Hall–Kier alpha value is -2.19. The minimum absolute atomic E-state index is 0.101. The Kier molecular flexibility index (Phi) is 7.35. The average Bonchev–Trinajstić information content (AvgIpc) is 3.10. The number of hydrogen-bond donors (Lipinski definition) is 3. The monoisotopic (exact) mass is 437 g/mol. The number of carbonyl (C=O) groups is 3. The first-order valence-electron chi connectivity index (χ1n) is 8.13. The minimum Gasteiger partial charge on any atom is -0.340 e. The Morgan fingerprint density at radius 1 is 1.04 bits per heavy atom. The van der Waals surface area contributed by atoms with Crippen LogP contribution in [0.25, 0.3) is 0 Å². The molecule has 3 N–H and O–H groups in total. The summed E-state index contributed by atoms with van der Waals surface area (Å²) in [4.78, 5) is 37.4. The summed E-state index contributed by atoms with van der Waals surface area (Å²) in [5, 5.41) is 2.74. The molecule has 1 heterocycles. The van der Waals surface area contributed by atoms with Crippen molar-refractivity contribution in [3.63, 3.8) is 0 Å². The summed E-state index contributed by atoms with van der Waals surface area (Å²) >= 11 is 4.54. The van der Waals surface area contributed by atoms with Crippen molar-refractivity contribution >= 4 is 45.0 Å². The van der Waals surface area contributed by atoms with Gasteiger partial charge in [-0.25, -0.2) is 0 Å². The first kappa shape index (κ1) is 20.1. The Morgan fingerprint density at radius 3 is 2.31 bits per heavy atom. The van der Waals surface area contributed by atoms with E-state index in [1.807, 2.05) is 19.9 Å². The zero-order chi connectivity index (χ0) is 19.1. The normalized spacial score (nSPS) is 12.7. The highest BCUT2D eigenvalue weighted by atomic mass is 79.9. The largest absolute Gasteiger partial charge is 0.340 e. The predicted molar refractivity (Wildman–Crippen MR) is 105 cm³/mol. The lowest BCUT2D eigenvalue weighted by atomic mass is 9.98. The summed E-state index contributed by atoms with van der Waals surface area (Å²) in [7, 11) is 0. The summed E-state index contributed by atoms with van der Waals surface area (Å²) in [6.07, 6.45) is 0.693. The number of amides is 3. The third kappa shape index (κ3) is 5.40. The van der Waals surface area contributed by atoms with Crippen molar-refractivity contribution in [2.75, 3.05) is 0 Å². The molecule has 0 saturated heterocycles. The van der Waals surface area contributed by atoms with Crippen molar-refractivity contribution in [1.29, 1.82) is 0 Å². The number of carbonyl (C=O) groups excluding carboxylic acids is 3. The SMILES string of the molecule is CC[C@H](C)[C@H](NC(=O)c1ccccc1)C(=O)NNC(=O)c1ccc(Br)s1. The van der Waals surface area contributed by atoms with Crippen LogP contribution in [0.2, 0.25) is 0 Å². The van der Waals surface area contributed by atoms with Crippen LogP contribution in [0.15, 0.2) is 46.3 Å². The van der Waals surface area contributed by atoms with Crippen LogP contribution in [-0.2, 0) is 4.79 Å². The van der Waals surface area contributed by atoms with Gasteiger partial charge in [0.15, 0.2) is 0 Å². The number of hydrogen-bond acceptors (Lipinski definition) is 4. The molecule has 26 heavy (non-hydrogen) atoms. The van der Waals surface area contributed by atoms with Crippen LogP contribution in [0.1, 0.15) is 40.3 Å². The second-order valence-corrected chi connectivity index (χ2v) is 8.21. The van der Waals surface area contributed by atoms with E-state index < -0.39 is 17.9 Å². The fourth-order valence-electron chi connectivity index (χ4n) is 2.21. The number of nitrogens with one attached hydrogen (secondary N) is 3. The molecule has 0 spiro atoms. The Morgan fingerprint density at radius 2 is 1.73 bits per heavy atom. The van der Waals surface area contributed by atoms with E-state index in [9.17, 15) is 14.4 Å². The number of hydrazine groups is 1. The summed E-state index contributed by atoms with van der Waals surface area (Å²) in [6.45, 7) is 3.80. The molecule has 1 aromatic heterocycles. The van der Waals surface area contributed by atoms with Gasteiger partial charge in [0, 0.05) is 5.56 Å². The van der Waals surface area contributed by atoms with Crippen LogP contribution in [0.5, 0.6) is 0 Å². The third-order valence-corrected chi connectivity index (χ3v) is 5.54. The van der Waals surface area contributed by atoms with Gasteiger partial charge in [0.1, 0.15) is 6.04 Å². The fraction of sp³-hybridized carbons (Fsp3) is 0.278. The van der Waals surface area contributed by atoms with Gasteiger partial charge in [-0.3, -0.25) is 25.2 Å². The van der Waals surface area contributed by atoms with Crippen LogP contribution in [0.3, 0.4) is 0 Å². The average molecular weight is 438 g/mol. The molecular formula is C18H20BrN3O3S. The maximum Gasteiger partial charge on any atom is 0.279 e. The lowest BCUT2D eigenvalue weighted by molar-refractivity contribution is -0.124. The van der Waals surface area contributed by atoms with Crippen molar-refractivity contribution in [3.05, 3.63) is 56.7 Å². The van der Waals surface area contributed by atoms with Gasteiger partial charge < -0.3 is 5.32 Å². The molecule has 0 radical (unpaired) electrons. The molecule has 0 bridgehead atoms. The van der Waals surface area contributed by atoms with Gasteiger partial charge in [-0.1, -0.05) is 38.5 Å². The summed E-state index contributed by atoms with van der Waals surface area (Å²) in [5.41, 5.74) is 5.26. The molecule has 0 aliphatic heterocycles. The maximum atomic E-state index is 12.5. The smallest absolute Gasteiger partial charge is 0.279 e. The number of rotatable bonds is 6. The Bertz CT molecular complexity index is 779. The second kappa shape index (κ2) is 9.49. The highest BCUT2D eigenvalue weighted by Crippen LogP contribution is 2.21. The highest BCUT2D eigenvalue weighted by Gasteiger charge is 2.26. The van der Waals surface area contributed by atoms with Crippen LogP contribution in [0.4, 0.5) is 0 Å². The van der Waals surface area contributed by atoms with Crippen molar-refractivity contribution in [2.24, 2.45) is 5.92 Å². The van der Waals surface area contributed by atoms with Gasteiger partial charge in [-0.2, -0.15) is 0 Å². The van der Waals surface area contributed by atoms with Gasteiger partial charge in [0.05, 0.1) is 8.66 Å². The van der Waals surface area contributed by atoms with Crippen molar-refractivity contribution in [2.45, 2.75) is 26.3 Å². The third-order valence-electron chi connectivity index (χ3n) is 3.91. The highest BCUT2D eigenvalue weighted by molar-refractivity contribution is 9.11. The molecule has 0 aliphatic carbocycles.